The van der Waals surface area contributed by atoms with Crippen molar-refractivity contribution < 1.29 is 29.0 Å². The summed E-state index contributed by atoms with van der Waals surface area (Å²) in [5.74, 6) is 0. The van der Waals surface area contributed by atoms with Gasteiger partial charge in [0, 0.05) is 0 Å². The van der Waals surface area contributed by atoms with Crippen molar-refractivity contribution in [2.75, 3.05) is 14.2 Å². The summed E-state index contributed by atoms with van der Waals surface area (Å²) in [6.45, 7) is 6.92. The van der Waals surface area contributed by atoms with Crippen molar-refractivity contribution in [3.05, 3.63) is 13.2 Å². The number of methoxy groups -OCH3 is 2. The minimum atomic E-state index is 0. The van der Waals surface area contributed by atoms with Crippen LogP contribution >= 0.6 is 0 Å². The molecule has 0 heterocycles. The molecule has 0 N–H and O–H groups in total. The maximum absolute atomic E-state index is 4.42. The van der Waals surface area contributed by atoms with E-state index in [4.69, 9.17) is 0 Å². The minimum Gasteiger partial charge on any atom is -0.555 e. The molecule has 0 saturated heterocycles. The quantitative estimate of drug-likeness (QED) is 0.479. The monoisotopic (exact) mass is 182 g/mol. The predicted octanol–water partition coefficient (Wildman–Crippen LogP) is 1.63. The maximum Gasteiger partial charge on any atom is 2.00 e. The second-order valence-electron chi connectivity index (χ2n) is 0.943. The van der Waals surface area contributed by atoms with E-state index in [2.05, 4.69) is 9.47 Å². The van der Waals surface area contributed by atoms with Gasteiger partial charge in [0.25, 0.3) is 0 Å². The van der Waals surface area contributed by atoms with Gasteiger partial charge in [-0.05, 0) is 14.2 Å². The molecule has 0 radical (unpaired) electrons. The fourth-order valence-electron chi connectivity index (χ4n) is 0. The van der Waals surface area contributed by atoms with Gasteiger partial charge >= 0.3 is 19.5 Å². The summed E-state index contributed by atoms with van der Waals surface area (Å²) in [5.41, 5.74) is 0. The fourth-order valence-corrected chi connectivity index (χ4v) is 0. The van der Waals surface area contributed by atoms with Crippen LogP contribution < -0.4 is 0 Å². The van der Waals surface area contributed by atoms with Crippen molar-refractivity contribution >= 4 is 0 Å². The standard InChI is InChI=1S/2C3H7O.Zn/c2*1-3-4-2;/h2*3H,1-2H3;/q2*-1;+2. The van der Waals surface area contributed by atoms with Crippen molar-refractivity contribution in [2.45, 2.75) is 13.8 Å². The van der Waals surface area contributed by atoms with Crippen LogP contribution in [0.4, 0.5) is 0 Å². The number of ether oxygens (including phenoxy) is 2. The van der Waals surface area contributed by atoms with Crippen LogP contribution in [0.3, 0.4) is 0 Å². The van der Waals surface area contributed by atoms with Gasteiger partial charge in [-0.3, -0.25) is 0 Å². The van der Waals surface area contributed by atoms with Gasteiger partial charge in [-0.25, -0.2) is 13.2 Å². The molecule has 0 bridgehead atoms. The van der Waals surface area contributed by atoms with Gasteiger partial charge in [-0.15, -0.1) is 0 Å². The Hall–Kier alpha value is 0.543. The van der Waals surface area contributed by atoms with Gasteiger partial charge < -0.3 is 9.47 Å². The maximum atomic E-state index is 4.42. The molecular formula is C6H14O2Zn. The summed E-state index contributed by atoms with van der Waals surface area (Å²) >= 11 is 0. The molecule has 0 aliphatic heterocycles. The Bertz CT molecular complexity index is 19.0. The average molecular weight is 184 g/mol. The molecule has 0 unspecified atom stereocenters. The van der Waals surface area contributed by atoms with Crippen LogP contribution in [0.1, 0.15) is 13.8 Å². The SMILES string of the molecule is C[CH-]OC.C[CH-]OC.[Zn+2]. The molecule has 3 heteroatoms. The zero-order valence-electron chi connectivity index (χ0n) is 6.68. The molecule has 0 fully saturated rings. The molecule has 9 heavy (non-hydrogen) atoms. The van der Waals surface area contributed by atoms with Crippen LogP contribution in [0.15, 0.2) is 0 Å². The predicted molar refractivity (Wildman–Crippen MR) is 34.0 cm³/mol. The van der Waals surface area contributed by atoms with Crippen molar-refractivity contribution in [1.29, 1.82) is 0 Å². The van der Waals surface area contributed by atoms with Crippen molar-refractivity contribution in [3.8, 4) is 0 Å². The van der Waals surface area contributed by atoms with E-state index in [1.807, 2.05) is 13.8 Å². The van der Waals surface area contributed by atoms with Gasteiger partial charge in [0.05, 0.1) is 0 Å². The molecule has 0 aliphatic carbocycles. The summed E-state index contributed by atoms with van der Waals surface area (Å²) < 4.78 is 8.83. The third kappa shape index (κ3) is 56.5. The molecule has 52 valence electrons. The van der Waals surface area contributed by atoms with Crippen LogP contribution in [-0.2, 0) is 29.0 Å². The minimum absolute atomic E-state index is 0. The van der Waals surface area contributed by atoms with E-state index in [9.17, 15) is 0 Å². The van der Waals surface area contributed by atoms with Crippen LogP contribution in [0.5, 0.6) is 0 Å². The average Bonchev–Trinajstić information content (AvgIpc) is 1.88. The molecule has 0 saturated carbocycles. The Morgan fingerprint density at radius 2 is 1.00 bits per heavy atom. The van der Waals surface area contributed by atoms with E-state index in [-0.39, 0.29) is 19.5 Å². The van der Waals surface area contributed by atoms with Gasteiger partial charge in [-0.1, -0.05) is 0 Å². The van der Waals surface area contributed by atoms with E-state index >= 15 is 0 Å². The normalized spacial score (nSPS) is 6.67. The molecule has 2 nitrogen and oxygen atoms in total. The second kappa shape index (κ2) is 23.6. The van der Waals surface area contributed by atoms with Crippen molar-refractivity contribution in [1.82, 2.24) is 0 Å². The molecule has 0 aromatic rings. The Morgan fingerprint density at radius 3 is 1.00 bits per heavy atom. The first-order valence-corrected chi connectivity index (χ1v) is 2.44. The summed E-state index contributed by atoms with van der Waals surface area (Å²) in [6.07, 6.45) is 0. The first kappa shape index (κ1) is 16.3. The van der Waals surface area contributed by atoms with E-state index < -0.39 is 0 Å². The van der Waals surface area contributed by atoms with E-state index in [1.165, 1.54) is 0 Å². The summed E-state index contributed by atoms with van der Waals surface area (Å²) in [7, 11) is 3.25. The molecule has 0 aromatic carbocycles. The fraction of sp³-hybridized carbons (Fsp3) is 0.667. The molecule has 0 rings (SSSR count). The van der Waals surface area contributed by atoms with Gasteiger partial charge in [-0.2, -0.15) is 13.8 Å². The van der Waals surface area contributed by atoms with Gasteiger partial charge in [0.15, 0.2) is 0 Å². The third-order valence-corrected chi connectivity index (χ3v) is 0.471. The largest absolute Gasteiger partial charge is 2.00 e. The van der Waals surface area contributed by atoms with E-state index in [0.717, 1.165) is 0 Å². The topological polar surface area (TPSA) is 18.5 Å². The number of hydrogen-bond donors (Lipinski definition) is 0. The third-order valence-electron chi connectivity index (χ3n) is 0.471. The summed E-state index contributed by atoms with van der Waals surface area (Å²) in [6, 6.07) is 0. The van der Waals surface area contributed by atoms with Crippen molar-refractivity contribution in [3.63, 3.8) is 0 Å². The Kier molecular flexibility index (Phi) is 42.6. The van der Waals surface area contributed by atoms with Crippen LogP contribution in [0, 0.1) is 13.2 Å². The smallest absolute Gasteiger partial charge is 0.555 e. The van der Waals surface area contributed by atoms with Crippen LogP contribution in [0.2, 0.25) is 0 Å². The summed E-state index contributed by atoms with van der Waals surface area (Å²) in [5, 5.41) is 0. The summed E-state index contributed by atoms with van der Waals surface area (Å²) in [4.78, 5) is 0. The van der Waals surface area contributed by atoms with Gasteiger partial charge in [0.1, 0.15) is 0 Å². The van der Waals surface area contributed by atoms with Crippen LogP contribution in [0.25, 0.3) is 0 Å². The zero-order chi connectivity index (χ0) is 6.83. The number of rotatable bonds is 2. The first-order chi connectivity index (χ1) is 3.83. The van der Waals surface area contributed by atoms with E-state index in [1.54, 1.807) is 27.4 Å². The molecule has 0 spiro atoms. The molecule has 0 aromatic heterocycles. The Morgan fingerprint density at radius 1 is 0.889 bits per heavy atom. The van der Waals surface area contributed by atoms with Crippen LogP contribution in [-0.4, -0.2) is 14.2 Å². The molecule has 0 atom stereocenters. The van der Waals surface area contributed by atoms with Gasteiger partial charge in [0.2, 0.25) is 0 Å². The molecule has 0 aliphatic rings. The second-order valence-corrected chi connectivity index (χ2v) is 0.943. The first-order valence-electron chi connectivity index (χ1n) is 2.44. The molecular weight excluding hydrogens is 169 g/mol. The Labute approximate surface area is 70.7 Å². The zero-order valence-corrected chi connectivity index (χ0v) is 9.65. The Balaban J connectivity index is -0.0000000720. The van der Waals surface area contributed by atoms with Crippen molar-refractivity contribution in [2.24, 2.45) is 0 Å². The molecule has 0 amide bonds. The van der Waals surface area contributed by atoms with E-state index in [0.29, 0.717) is 0 Å². The number of hydrogen-bond acceptors (Lipinski definition) is 2.